The Morgan fingerprint density at radius 3 is 2.42 bits per heavy atom. The molecule has 0 spiro atoms. The number of likely N-dealkylation sites (tertiary alicyclic amines) is 1. The summed E-state index contributed by atoms with van der Waals surface area (Å²) in [5.41, 5.74) is 0.208. The second kappa shape index (κ2) is 7.06. The van der Waals surface area contributed by atoms with E-state index in [9.17, 15) is 26.4 Å². The maximum Gasteiger partial charge on any atom is 0.389 e. The molecule has 0 aliphatic carbocycles. The summed E-state index contributed by atoms with van der Waals surface area (Å²) in [6.07, 6.45) is -3.26. The summed E-state index contributed by atoms with van der Waals surface area (Å²) < 4.78 is 62.4. The third-order valence-corrected chi connectivity index (χ3v) is 5.28. The molecule has 0 radical (unpaired) electrons. The molecular formula is C14H18F3N3O3S. The number of aromatic nitrogens is 1. The summed E-state index contributed by atoms with van der Waals surface area (Å²) in [4.78, 5) is 17.5. The van der Waals surface area contributed by atoms with Crippen LogP contribution in [0.15, 0.2) is 23.4 Å². The molecule has 0 atom stereocenters. The van der Waals surface area contributed by atoms with Crippen LogP contribution in [-0.2, 0) is 10.0 Å². The SMILES string of the molecule is CNS(=O)(=O)c1ccc(C(=O)N2CCC(CC(F)(F)F)CC2)cn1. The molecule has 24 heavy (non-hydrogen) atoms. The maximum absolute atomic E-state index is 12.4. The van der Waals surface area contributed by atoms with Gasteiger partial charge in [0.2, 0.25) is 0 Å². The number of nitrogens with zero attached hydrogens (tertiary/aromatic N) is 2. The zero-order valence-electron chi connectivity index (χ0n) is 13.0. The van der Waals surface area contributed by atoms with Crippen LogP contribution in [0.2, 0.25) is 0 Å². The Morgan fingerprint density at radius 2 is 1.96 bits per heavy atom. The fraction of sp³-hybridized carbons (Fsp3) is 0.571. The minimum absolute atomic E-state index is 0.203. The van der Waals surface area contributed by atoms with E-state index in [1.807, 2.05) is 0 Å². The average molecular weight is 365 g/mol. The van der Waals surface area contributed by atoms with Crippen molar-refractivity contribution in [3.63, 3.8) is 0 Å². The third-order valence-electron chi connectivity index (χ3n) is 3.95. The molecule has 1 aromatic rings. The van der Waals surface area contributed by atoms with Crippen LogP contribution in [0.5, 0.6) is 0 Å². The maximum atomic E-state index is 12.4. The first-order chi connectivity index (χ1) is 11.1. The molecule has 1 aliphatic heterocycles. The van der Waals surface area contributed by atoms with Crippen molar-refractivity contribution in [2.75, 3.05) is 20.1 Å². The van der Waals surface area contributed by atoms with Gasteiger partial charge in [0.25, 0.3) is 15.9 Å². The molecule has 2 rings (SSSR count). The Kier molecular flexibility index (Phi) is 5.49. The zero-order valence-corrected chi connectivity index (χ0v) is 13.8. The number of amides is 1. The fourth-order valence-electron chi connectivity index (χ4n) is 2.62. The minimum atomic E-state index is -4.19. The van der Waals surface area contributed by atoms with Gasteiger partial charge in [-0.05, 0) is 37.9 Å². The van der Waals surface area contributed by atoms with Crippen molar-refractivity contribution >= 4 is 15.9 Å². The van der Waals surface area contributed by atoms with Gasteiger partial charge >= 0.3 is 6.18 Å². The monoisotopic (exact) mass is 365 g/mol. The van der Waals surface area contributed by atoms with Gasteiger partial charge in [0.05, 0.1) is 5.56 Å². The van der Waals surface area contributed by atoms with Gasteiger partial charge in [-0.3, -0.25) is 4.79 Å². The number of carbonyl (C=O) groups excluding carboxylic acids is 1. The van der Waals surface area contributed by atoms with Gasteiger partial charge in [-0.15, -0.1) is 0 Å². The van der Waals surface area contributed by atoms with Gasteiger partial charge in [0, 0.05) is 25.7 Å². The number of sulfonamides is 1. The second-order valence-corrected chi connectivity index (χ2v) is 7.48. The number of alkyl halides is 3. The molecule has 1 N–H and O–H groups in total. The number of hydrogen-bond acceptors (Lipinski definition) is 4. The van der Waals surface area contributed by atoms with E-state index in [0.29, 0.717) is 12.8 Å². The van der Waals surface area contributed by atoms with Crippen LogP contribution in [-0.4, -0.2) is 50.5 Å². The predicted octanol–water partition coefficient (Wildman–Crippen LogP) is 1.79. The van der Waals surface area contributed by atoms with E-state index < -0.39 is 28.5 Å². The standard InChI is InChI=1S/C14H18F3N3O3S/c1-18-24(22,23)12-3-2-11(9-19-12)13(21)20-6-4-10(5-7-20)8-14(15,16)17/h2-3,9-10,18H,4-8H2,1H3. The molecule has 1 saturated heterocycles. The number of carbonyl (C=O) groups is 1. The largest absolute Gasteiger partial charge is 0.389 e. The molecule has 134 valence electrons. The molecule has 1 amide bonds. The Hall–Kier alpha value is -1.68. The van der Waals surface area contributed by atoms with Gasteiger partial charge in [-0.1, -0.05) is 0 Å². The van der Waals surface area contributed by atoms with Crippen LogP contribution in [0.4, 0.5) is 13.2 Å². The number of rotatable bonds is 4. The van der Waals surface area contributed by atoms with Crippen molar-refractivity contribution in [3.05, 3.63) is 23.9 Å². The zero-order chi connectivity index (χ0) is 18.0. The van der Waals surface area contributed by atoms with E-state index in [2.05, 4.69) is 9.71 Å². The molecule has 1 aromatic heterocycles. The van der Waals surface area contributed by atoms with E-state index in [1.165, 1.54) is 24.1 Å². The molecule has 0 unspecified atom stereocenters. The topological polar surface area (TPSA) is 79.4 Å². The molecule has 0 saturated carbocycles. The second-order valence-electron chi connectivity index (χ2n) is 5.65. The lowest BCUT2D eigenvalue weighted by molar-refractivity contribution is -0.147. The highest BCUT2D eigenvalue weighted by Crippen LogP contribution is 2.31. The van der Waals surface area contributed by atoms with E-state index in [1.54, 1.807) is 0 Å². The van der Waals surface area contributed by atoms with E-state index in [4.69, 9.17) is 0 Å². The molecule has 0 bridgehead atoms. The molecule has 10 heteroatoms. The van der Waals surface area contributed by atoms with Crippen molar-refractivity contribution in [2.45, 2.75) is 30.5 Å². The summed E-state index contributed by atoms with van der Waals surface area (Å²) in [5.74, 6) is -0.823. The summed E-state index contributed by atoms with van der Waals surface area (Å²) in [6.45, 7) is 0.492. The van der Waals surface area contributed by atoms with Gasteiger partial charge in [0.15, 0.2) is 5.03 Å². The smallest absolute Gasteiger partial charge is 0.339 e. The number of hydrogen-bond donors (Lipinski definition) is 1. The number of pyridine rings is 1. The van der Waals surface area contributed by atoms with E-state index in [-0.39, 0.29) is 29.6 Å². The van der Waals surface area contributed by atoms with E-state index in [0.717, 1.165) is 6.20 Å². The summed E-state index contributed by atoms with van der Waals surface area (Å²) in [5, 5.41) is -0.203. The van der Waals surface area contributed by atoms with Crippen molar-refractivity contribution in [1.29, 1.82) is 0 Å². The lowest BCUT2D eigenvalue weighted by atomic mass is 9.93. The van der Waals surface area contributed by atoms with Gasteiger partial charge < -0.3 is 4.90 Å². The first kappa shape index (κ1) is 18.7. The van der Waals surface area contributed by atoms with Gasteiger partial charge in [-0.2, -0.15) is 13.2 Å². The lowest BCUT2D eigenvalue weighted by Crippen LogP contribution is -2.39. The highest BCUT2D eigenvalue weighted by Gasteiger charge is 2.34. The molecule has 1 fully saturated rings. The fourth-order valence-corrected chi connectivity index (χ4v) is 3.27. The molecule has 0 aromatic carbocycles. The van der Waals surface area contributed by atoms with Crippen molar-refractivity contribution in [1.82, 2.24) is 14.6 Å². The van der Waals surface area contributed by atoms with Crippen molar-refractivity contribution in [2.24, 2.45) is 5.92 Å². The van der Waals surface area contributed by atoms with Crippen molar-refractivity contribution in [3.8, 4) is 0 Å². The van der Waals surface area contributed by atoms with Crippen LogP contribution in [0.3, 0.4) is 0 Å². The number of piperidine rings is 1. The third kappa shape index (κ3) is 4.67. The quantitative estimate of drug-likeness (QED) is 0.882. The van der Waals surface area contributed by atoms with Gasteiger partial charge in [-0.25, -0.2) is 18.1 Å². The van der Waals surface area contributed by atoms with Crippen LogP contribution in [0.1, 0.15) is 29.6 Å². The molecule has 1 aliphatic rings. The van der Waals surface area contributed by atoms with Crippen molar-refractivity contribution < 1.29 is 26.4 Å². The van der Waals surface area contributed by atoms with E-state index >= 15 is 0 Å². The molecule has 6 nitrogen and oxygen atoms in total. The predicted molar refractivity (Wildman–Crippen MR) is 79.8 cm³/mol. The van der Waals surface area contributed by atoms with Crippen LogP contribution >= 0.6 is 0 Å². The normalized spacial score (nSPS) is 17.1. The first-order valence-corrected chi connectivity index (χ1v) is 8.86. The molecular weight excluding hydrogens is 347 g/mol. The van der Waals surface area contributed by atoms with Crippen LogP contribution in [0, 0.1) is 5.92 Å². The number of nitrogens with one attached hydrogen (secondary N) is 1. The Morgan fingerprint density at radius 1 is 1.33 bits per heavy atom. The summed E-state index contributed by atoms with van der Waals surface area (Å²) in [6, 6.07) is 2.57. The number of halogens is 3. The Balaban J connectivity index is 1.98. The minimum Gasteiger partial charge on any atom is -0.339 e. The highest BCUT2D eigenvalue weighted by molar-refractivity contribution is 7.89. The first-order valence-electron chi connectivity index (χ1n) is 7.38. The highest BCUT2D eigenvalue weighted by atomic mass is 32.2. The summed E-state index contributed by atoms with van der Waals surface area (Å²) in [7, 11) is -2.43. The average Bonchev–Trinajstić information content (AvgIpc) is 2.53. The Labute approximate surface area is 138 Å². The molecule has 2 heterocycles. The van der Waals surface area contributed by atoms with Gasteiger partial charge in [0.1, 0.15) is 0 Å². The lowest BCUT2D eigenvalue weighted by Gasteiger charge is -2.32. The Bertz CT molecular complexity index is 681. The van der Waals surface area contributed by atoms with Crippen LogP contribution in [0.25, 0.3) is 0 Å². The van der Waals surface area contributed by atoms with Crippen LogP contribution < -0.4 is 4.72 Å². The summed E-state index contributed by atoms with van der Waals surface area (Å²) >= 11 is 0.